The Bertz CT molecular complexity index is 855. The van der Waals surface area contributed by atoms with Crippen LogP contribution in [0.15, 0.2) is 36.4 Å². The van der Waals surface area contributed by atoms with Gasteiger partial charge in [0.1, 0.15) is 6.54 Å². The third-order valence-electron chi connectivity index (χ3n) is 4.72. The van der Waals surface area contributed by atoms with E-state index in [1.54, 1.807) is 0 Å². The van der Waals surface area contributed by atoms with Gasteiger partial charge in [-0.2, -0.15) is 13.2 Å². The number of anilines is 1. The van der Waals surface area contributed by atoms with Gasteiger partial charge in [0.2, 0.25) is 11.8 Å². The Morgan fingerprint density at radius 1 is 1.10 bits per heavy atom. The molecule has 1 aromatic rings. The van der Waals surface area contributed by atoms with E-state index in [-0.39, 0.29) is 5.69 Å². The van der Waals surface area contributed by atoms with Crippen LogP contribution in [0.4, 0.5) is 18.9 Å². The molecule has 10 heteroatoms. The number of benzene rings is 1. The predicted octanol–water partition coefficient (Wildman–Crippen LogP) is 2.14. The van der Waals surface area contributed by atoms with E-state index in [0.29, 0.717) is 12.8 Å². The van der Waals surface area contributed by atoms with E-state index in [4.69, 9.17) is 4.74 Å². The maximum atomic E-state index is 12.7. The van der Waals surface area contributed by atoms with Gasteiger partial charge in [0.25, 0.3) is 5.91 Å². The molecule has 29 heavy (non-hydrogen) atoms. The van der Waals surface area contributed by atoms with Crippen LogP contribution in [0, 0.1) is 11.8 Å². The third kappa shape index (κ3) is 4.64. The van der Waals surface area contributed by atoms with Gasteiger partial charge in [0, 0.05) is 5.69 Å². The summed E-state index contributed by atoms with van der Waals surface area (Å²) in [6.45, 7) is -1.37. The monoisotopic (exact) mass is 410 g/mol. The fourth-order valence-corrected chi connectivity index (χ4v) is 3.32. The number of fused-ring (bicyclic) bond motifs is 1. The molecule has 7 nitrogen and oxygen atoms in total. The van der Waals surface area contributed by atoms with Gasteiger partial charge >= 0.3 is 12.1 Å². The molecule has 3 amide bonds. The highest BCUT2D eigenvalue weighted by Crippen LogP contribution is 2.35. The fourth-order valence-electron chi connectivity index (χ4n) is 3.32. The number of nitrogens with one attached hydrogen (secondary N) is 1. The first kappa shape index (κ1) is 20.6. The van der Waals surface area contributed by atoms with Crippen molar-refractivity contribution in [1.82, 2.24) is 4.90 Å². The number of hydrogen-bond acceptors (Lipinski definition) is 5. The number of likely N-dealkylation sites (tertiary alicyclic amines) is 1. The van der Waals surface area contributed by atoms with Crippen LogP contribution in [0.5, 0.6) is 0 Å². The second-order valence-corrected chi connectivity index (χ2v) is 6.71. The van der Waals surface area contributed by atoms with Crippen molar-refractivity contribution in [2.75, 3.05) is 18.5 Å². The van der Waals surface area contributed by atoms with Gasteiger partial charge < -0.3 is 10.1 Å². The zero-order chi connectivity index (χ0) is 21.2. The Morgan fingerprint density at radius 2 is 1.72 bits per heavy atom. The van der Waals surface area contributed by atoms with Gasteiger partial charge in [-0.15, -0.1) is 0 Å². The topological polar surface area (TPSA) is 92.8 Å². The van der Waals surface area contributed by atoms with E-state index in [1.165, 1.54) is 6.07 Å². The highest BCUT2D eigenvalue weighted by Gasteiger charge is 2.47. The number of ether oxygens (including phenoxy) is 1. The number of alkyl halides is 3. The molecule has 1 aromatic carbocycles. The van der Waals surface area contributed by atoms with E-state index in [0.717, 1.165) is 23.1 Å². The first-order valence-electron chi connectivity index (χ1n) is 8.80. The summed E-state index contributed by atoms with van der Waals surface area (Å²) >= 11 is 0. The van der Waals surface area contributed by atoms with Crippen LogP contribution < -0.4 is 5.32 Å². The second kappa shape index (κ2) is 8.06. The Balaban J connectivity index is 1.50. The molecule has 1 N–H and O–H groups in total. The van der Waals surface area contributed by atoms with Gasteiger partial charge in [0.15, 0.2) is 6.61 Å². The van der Waals surface area contributed by atoms with Crippen LogP contribution in [-0.2, 0) is 30.1 Å². The van der Waals surface area contributed by atoms with Crippen LogP contribution in [-0.4, -0.2) is 41.7 Å². The molecule has 154 valence electrons. The lowest BCUT2D eigenvalue weighted by Crippen LogP contribution is -2.37. The number of imide groups is 1. The molecule has 0 bridgehead atoms. The van der Waals surface area contributed by atoms with Crippen molar-refractivity contribution in [3.8, 4) is 0 Å². The van der Waals surface area contributed by atoms with Crippen LogP contribution in [0.1, 0.15) is 18.4 Å². The van der Waals surface area contributed by atoms with Crippen molar-refractivity contribution in [3.05, 3.63) is 42.0 Å². The van der Waals surface area contributed by atoms with E-state index >= 15 is 0 Å². The zero-order valence-corrected chi connectivity index (χ0v) is 15.1. The number of carbonyl (C=O) groups is 4. The summed E-state index contributed by atoms with van der Waals surface area (Å²) in [6, 6.07) is 3.99. The predicted molar refractivity (Wildman–Crippen MR) is 93.1 cm³/mol. The Kier molecular flexibility index (Phi) is 5.71. The largest absolute Gasteiger partial charge is 0.454 e. The molecular formula is C19H17F3N2O5. The number of nitrogens with zero attached hydrogens (tertiary/aromatic N) is 1. The Labute approximate surface area is 163 Å². The van der Waals surface area contributed by atoms with E-state index < -0.39 is 60.4 Å². The summed E-state index contributed by atoms with van der Waals surface area (Å²) in [4.78, 5) is 49.1. The number of hydrogen-bond donors (Lipinski definition) is 1. The van der Waals surface area contributed by atoms with Crippen molar-refractivity contribution in [1.29, 1.82) is 0 Å². The summed E-state index contributed by atoms with van der Waals surface area (Å²) in [6.07, 6.45) is -0.0758. The third-order valence-corrected chi connectivity index (χ3v) is 4.72. The summed E-state index contributed by atoms with van der Waals surface area (Å²) in [7, 11) is 0. The molecule has 1 heterocycles. The molecule has 1 aliphatic heterocycles. The van der Waals surface area contributed by atoms with Crippen LogP contribution >= 0.6 is 0 Å². The lowest BCUT2D eigenvalue weighted by Gasteiger charge is -2.14. The van der Waals surface area contributed by atoms with E-state index in [2.05, 4.69) is 5.32 Å². The van der Waals surface area contributed by atoms with Crippen molar-refractivity contribution in [2.24, 2.45) is 11.8 Å². The van der Waals surface area contributed by atoms with Gasteiger partial charge in [0.05, 0.1) is 17.4 Å². The molecule has 1 saturated heterocycles. The molecule has 2 aliphatic rings. The highest BCUT2D eigenvalue weighted by atomic mass is 19.4. The maximum absolute atomic E-state index is 12.7. The zero-order valence-electron chi connectivity index (χ0n) is 15.1. The standard InChI is InChI=1S/C19H17F3N2O5/c20-19(21,22)11-4-3-5-12(8-11)23-15(25)10-29-16(26)9-24-17(27)13-6-1-2-7-14(13)18(24)28/h1-5,8,13-14H,6-7,9-10H2,(H,23,25)/t13-,14+. The minimum Gasteiger partial charge on any atom is -0.454 e. The summed E-state index contributed by atoms with van der Waals surface area (Å²) in [5, 5.41) is 2.19. The van der Waals surface area contributed by atoms with Crippen molar-refractivity contribution in [3.63, 3.8) is 0 Å². The summed E-state index contributed by atoms with van der Waals surface area (Å²) in [5.41, 5.74) is -1.04. The molecule has 1 fully saturated rings. The minimum atomic E-state index is -4.56. The minimum absolute atomic E-state index is 0.109. The molecule has 0 saturated carbocycles. The van der Waals surface area contributed by atoms with Crippen LogP contribution in [0.3, 0.4) is 0 Å². The average Bonchev–Trinajstić information content (AvgIpc) is 2.91. The molecule has 1 aliphatic carbocycles. The molecule has 3 rings (SSSR count). The Hall–Kier alpha value is -3.17. The Morgan fingerprint density at radius 3 is 2.31 bits per heavy atom. The first-order chi connectivity index (χ1) is 13.7. The summed E-state index contributed by atoms with van der Waals surface area (Å²) in [5.74, 6) is -3.68. The molecule has 0 aromatic heterocycles. The molecule has 0 spiro atoms. The lowest BCUT2D eigenvalue weighted by molar-refractivity contribution is -0.154. The van der Waals surface area contributed by atoms with E-state index in [1.807, 2.05) is 12.2 Å². The molecule has 0 radical (unpaired) electrons. The lowest BCUT2D eigenvalue weighted by atomic mass is 9.85. The first-order valence-corrected chi connectivity index (χ1v) is 8.80. The highest BCUT2D eigenvalue weighted by molar-refractivity contribution is 6.07. The maximum Gasteiger partial charge on any atom is 0.416 e. The smallest absolute Gasteiger partial charge is 0.416 e. The van der Waals surface area contributed by atoms with E-state index in [9.17, 15) is 32.3 Å². The van der Waals surface area contributed by atoms with Gasteiger partial charge in [-0.05, 0) is 31.0 Å². The number of carbonyl (C=O) groups excluding carboxylic acids is 4. The number of halogens is 3. The molecule has 0 unspecified atom stereocenters. The van der Waals surface area contributed by atoms with Gasteiger partial charge in [-0.25, -0.2) is 0 Å². The second-order valence-electron chi connectivity index (χ2n) is 6.71. The number of esters is 1. The average molecular weight is 410 g/mol. The SMILES string of the molecule is O=C(COC(=O)CN1C(=O)[C@H]2CC=CC[C@H]2C1=O)Nc1cccc(C(F)(F)F)c1. The molecule has 2 atom stereocenters. The quantitative estimate of drug-likeness (QED) is 0.456. The van der Waals surface area contributed by atoms with Crippen molar-refractivity contribution in [2.45, 2.75) is 19.0 Å². The van der Waals surface area contributed by atoms with Crippen molar-refractivity contribution < 1.29 is 37.1 Å². The summed E-state index contributed by atoms with van der Waals surface area (Å²) < 4.78 is 42.8. The van der Waals surface area contributed by atoms with Crippen molar-refractivity contribution >= 4 is 29.4 Å². The fraction of sp³-hybridized carbons (Fsp3) is 0.368. The van der Waals surface area contributed by atoms with Crippen LogP contribution in [0.2, 0.25) is 0 Å². The number of allylic oxidation sites excluding steroid dienone is 2. The molecular weight excluding hydrogens is 393 g/mol. The normalized spacial score (nSPS) is 21.1. The number of rotatable bonds is 5. The van der Waals surface area contributed by atoms with Gasteiger partial charge in [-0.1, -0.05) is 18.2 Å². The number of amides is 3. The van der Waals surface area contributed by atoms with Crippen LogP contribution in [0.25, 0.3) is 0 Å². The van der Waals surface area contributed by atoms with Gasteiger partial charge in [-0.3, -0.25) is 24.1 Å².